The van der Waals surface area contributed by atoms with E-state index < -0.39 is 11.8 Å². The Morgan fingerprint density at radius 2 is 0.849 bits per heavy atom. The third-order valence-corrected chi connectivity index (χ3v) is 13.1. The van der Waals surface area contributed by atoms with Crippen molar-refractivity contribution in [1.82, 2.24) is 5.32 Å². The van der Waals surface area contributed by atoms with Crippen LogP contribution >= 0.6 is 0 Å². The third kappa shape index (κ3) is 10.6. The molecule has 2 atom stereocenters. The summed E-state index contributed by atoms with van der Waals surface area (Å²) in [7, 11) is 7.18. The Morgan fingerprint density at radius 1 is 0.507 bits per heavy atom. The number of carboxylic acid groups (broad SMARTS) is 1. The van der Waals surface area contributed by atoms with Gasteiger partial charge in [-0.25, -0.2) is 13.6 Å². The van der Waals surface area contributed by atoms with Crippen molar-refractivity contribution in [2.24, 2.45) is 5.73 Å². The van der Waals surface area contributed by atoms with Crippen molar-refractivity contribution in [3.05, 3.63) is 228 Å². The first-order valence-corrected chi connectivity index (χ1v) is 23.8. The van der Waals surface area contributed by atoms with E-state index in [1.165, 1.54) is 49.0 Å². The number of halogens is 2. The van der Waals surface area contributed by atoms with Crippen molar-refractivity contribution >= 4 is 45.2 Å². The molecule has 8 aromatic carbocycles. The molecule has 0 bridgehead atoms. The van der Waals surface area contributed by atoms with E-state index >= 15 is 0 Å². The van der Waals surface area contributed by atoms with Crippen LogP contribution in [0.2, 0.25) is 0 Å². The monoisotopic (exact) mass is 974 g/mol. The SMILES string of the molecule is CC(c1ccccc1)N(C)c1cc2oc(-c3ccc(F)cc3)c(C(=O)O)c2cc1-c1ccccc1.CN.CNC(=O)c1c(-c2ccc(F)cc2)oc2cc(N(C)C(C)c3ccccc3)c(-c3ccccc3)cc12. The number of rotatable bonds is 12. The van der Waals surface area contributed by atoms with Gasteiger partial charge in [0, 0.05) is 77.7 Å². The zero-order valence-electron chi connectivity index (χ0n) is 41.4. The van der Waals surface area contributed by atoms with Gasteiger partial charge in [0.15, 0.2) is 0 Å². The molecular formula is C62H56F2N4O5. The fraction of sp³-hybridized carbons (Fsp3) is 0.129. The van der Waals surface area contributed by atoms with Crippen LogP contribution in [0.5, 0.6) is 0 Å². The number of fused-ring (bicyclic) bond motifs is 2. The molecule has 4 N–H and O–H groups in total. The van der Waals surface area contributed by atoms with Crippen LogP contribution < -0.4 is 20.9 Å². The fourth-order valence-electron chi connectivity index (χ4n) is 9.05. The van der Waals surface area contributed by atoms with Crippen LogP contribution in [-0.4, -0.2) is 45.2 Å². The molecule has 0 aliphatic heterocycles. The summed E-state index contributed by atoms with van der Waals surface area (Å²) in [6.07, 6.45) is 0. The standard InChI is InChI=1S/C31H27FN2O2.C30H24FNO3.CH5N/c1-20(21-10-6-4-7-11-21)34(3)27-19-28-26(18-25(27)22-12-8-5-9-13-22)29(31(35)33-2)30(36-28)23-14-16-24(32)17-15-23;1-19(20-9-5-3-6-10-20)32(2)26-18-27-25(17-24(26)21-11-7-4-8-12-21)28(30(33)34)29(35-27)22-13-15-23(31)16-14-22;1-2/h4-20H,1-3H3,(H,33,35);3-19H,1-2H3,(H,33,34);2H2,1H3. The molecule has 9 nitrogen and oxygen atoms in total. The van der Waals surface area contributed by atoms with Gasteiger partial charge < -0.3 is 34.8 Å². The number of aromatic carboxylic acids is 1. The number of nitrogens with two attached hydrogens (primary N) is 1. The lowest BCUT2D eigenvalue weighted by Crippen LogP contribution is -2.22. The molecule has 10 aromatic rings. The first kappa shape index (κ1) is 50.6. The number of carbonyl (C=O) groups is 2. The highest BCUT2D eigenvalue weighted by molar-refractivity contribution is 6.13. The van der Waals surface area contributed by atoms with Crippen LogP contribution in [-0.2, 0) is 0 Å². The van der Waals surface area contributed by atoms with Gasteiger partial charge >= 0.3 is 5.97 Å². The quantitative estimate of drug-likeness (QED) is 0.111. The molecule has 0 aliphatic rings. The summed E-state index contributed by atoms with van der Waals surface area (Å²) in [4.78, 5) is 29.8. The molecule has 2 unspecified atom stereocenters. The lowest BCUT2D eigenvalue weighted by molar-refractivity contribution is 0.0698. The molecule has 0 saturated heterocycles. The number of nitrogens with zero attached hydrogens (tertiary/aromatic N) is 2. The van der Waals surface area contributed by atoms with Gasteiger partial charge in [0.1, 0.15) is 39.9 Å². The Labute approximate surface area is 423 Å². The lowest BCUT2D eigenvalue weighted by atomic mass is 9.97. The Kier molecular flexibility index (Phi) is 15.6. The Hall–Kier alpha value is -8.80. The van der Waals surface area contributed by atoms with Crippen LogP contribution in [0.4, 0.5) is 20.2 Å². The van der Waals surface area contributed by atoms with Crippen molar-refractivity contribution in [1.29, 1.82) is 0 Å². The number of benzene rings is 8. The van der Waals surface area contributed by atoms with Crippen molar-refractivity contribution in [2.75, 3.05) is 38.0 Å². The van der Waals surface area contributed by atoms with E-state index in [1.807, 2.05) is 116 Å². The number of carboxylic acids is 1. The minimum Gasteiger partial charge on any atom is -0.478 e. The second-order valence-electron chi connectivity index (χ2n) is 17.4. The fourth-order valence-corrected chi connectivity index (χ4v) is 9.05. The highest BCUT2D eigenvalue weighted by atomic mass is 19.1. The van der Waals surface area contributed by atoms with Gasteiger partial charge in [0.25, 0.3) is 5.91 Å². The molecule has 0 aliphatic carbocycles. The number of carbonyl (C=O) groups excluding carboxylic acids is 1. The molecule has 0 saturated carbocycles. The number of hydrogen-bond donors (Lipinski definition) is 3. The summed E-state index contributed by atoms with van der Waals surface area (Å²) in [5, 5.41) is 14.0. The Balaban J connectivity index is 0.000000189. The minimum atomic E-state index is -1.10. The van der Waals surface area contributed by atoms with Gasteiger partial charge in [-0.2, -0.15) is 0 Å². The normalized spacial score (nSPS) is 11.7. The number of furan rings is 2. The van der Waals surface area contributed by atoms with E-state index in [9.17, 15) is 23.5 Å². The van der Waals surface area contributed by atoms with Gasteiger partial charge in [0.2, 0.25) is 0 Å². The highest BCUT2D eigenvalue weighted by Crippen LogP contribution is 2.44. The van der Waals surface area contributed by atoms with E-state index in [-0.39, 0.29) is 35.1 Å². The molecule has 0 fully saturated rings. The van der Waals surface area contributed by atoms with Crippen LogP contribution in [0.1, 0.15) is 57.8 Å². The van der Waals surface area contributed by atoms with Crippen molar-refractivity contribution < 1.29 is 32.3 Å². The lowest BCUT2D eigenvalue weighted by Gasteiger charge is -2.29. The van der Waals surface area contributed by atoms with E-state index in [0.717, 1.165) is 39.2 Å². The molecule has 0 spiro atoms. The number of anilines is 2. The molecule has 73 heavy (non-hydrogen) atoms. The second kappa shape index (κ2) is 22.5. The predicted molar refractivity (Wildman–Crippen MR) is 291 cm³/mol. The van der Waals surface area contributed by atoms with Gasteiger partial charge in [0.05, 0.1) is 17.6 Å². The molecule has 11 heteroatoms. The largest absolute Gasteiger partial charge is 0.478 e. The summed E-state index contributed by atoms with van der Waals surface area (Å²) >= 11 is 0. The predicted octanol–water partition coefficient (Wildman–Crippen LogP) is 14.8. The van der Waals surface area contributed by atoms with Crippen LogP contribution in [0, 0.1) is 11.6 Å². The molecule has 368 valence electrons. The molecule has 2 heterocycles. The number of amides is 1. The van der Waals surface area contributed by atoms with E-state index in [2.05, 4.69) is 78.1 Å². The third-order valence-electron chi connectivity index (χ3n) is 13.1. The molecule has 2 aromatic heterocycles. The molecule has 10 rings (SSSR count). The smallest absolute Gasteiger partial charge is 0.340 e. The van der Waals surface area contributed by atoms with E-state index in [4.69, 9.17) is 8.83 Å². The first-order valence-electron chi connectivity index (χ1n) is 23.8. The molecule has 0 radical (unpaired) electrons. The topological polar surface area (TPSA) is 125 Å². The van der Waals surface area contributed by atoms with Crippen molar-refractivity contribution in [2.45, 2.75) is 25.9 Å². The summed E-state index contributed by atoms with van der Waals surface area (Å²) in [6.45, 7) is 4.29. The van der Waals surface area contributed by atoms with E-state index in [0.29, 0.717) is 44.4 Å². The van der Waals surface area contributed by atoms with Crippen LogP contribution in [0.3, 0.4) is 0 Å². The minimum absolute atomic E-state index is 0.0570. The van der Waals surface area contributed by atoms with E-state index in [1.54, 1.807) is 19.2 Å². The Bertz CT molecular complexity index is 3470. The zero-order chi connectivity index (χ0) is 51.8. The van der Waals surface area contributed by atoms with Crippen LogP contribution in [0.15, 0.2) is 203 Å². The van der Waals surface area contributed by atoms with Gasteiger partial charge in [-0.3, -0.25) is 4.79 Å². The second-order valence-corrected chi connectivity index (χ2v) is 17.4. The maximum absolute atomic E-state index is 13.6. The van der Waals surface area contributed by atoms with Crippen molar-refractivity contribution in [3.8, 4) is 44.9 Å². The Morgan fingerprint density at radius 3 is 1.21 bits per heavy atom. The average molecular weight is 975 g/mol. The molecular weight excluding hydrogens is 919 g/mol. The van der Waals surface area contributed by atoms with Crippen LogP contribution in [0.25, 0.3) is 66.8 Å². The number of nitrogens with one attached hydrogen (secondary N) is 1. The highest BCUT2D eigenvalue weighted by Gasteiger charge is 2.27. The average Bonchev–Trinajstić information content (AvgIpc) is 4.02. The summed E-state index contributed by atoms with van der Waals surface area (Å²) in [6, 6.07) is 60.1. The first-order chi connectivity index (χ1) is 35.4. The maximum atomic E-state index is 13.6. The summed E-state index contributed by atoms with van der Waals surface area (Å²) in [5.41, 5.74) is 15.3. The number of hydrogen-bond acceptors (Lipinski definition) is 7. The maximum Gasteiger partial charge on any atom is 0.340 e. The van der Waals surface area contributed by atoms with Gasteiger partial charge in [-0.1, -0.05) is 121 Å². The molecule has 1 amide bonds. The van der Waals surface area contributed by atoms with Gasteiger partial charge in [-0.15, -0.1) is 0 Å². The summed E-state index contributed by atoms with van der Waals surface area (Å²) < 4.78 is 39.6. The summed E-state index contributed by atoms with van der Waals surface area (Å²) in [5.74, 6) is -1.47. The van der Waals surface area contributed by atoms with Gasteiger partial charge in [-0.05, 0) is 104 Å². The zero-order valence-corrected chi connectivity index (χ0v) is 41.4. The van der Waals surface area contributed by atoms with Crippen molar-refractivity contribution in [3.63, 3.8) is 0 Å².